The van der Waals surface area contributed by atoms with Gasteiger partial charge < -0.3 is 15.3 Å². The number of hydrogen-bond donors (Lipinski definition) is 2. The van der Waals surface area contributed by atoms with Crippen molar-refractivity contribution in [3.05, 3.63) is 70.7 Å². The van der Waals surface area contributed by atoms with Gasteiger partial charge in [0.2, 0.25) is 0 Å². The zero-order valence-corrected chi connectivity index (χ0v) is 21.4. The molecular formula is C27H25F3N6O3. The van der Waals surface area contributed by atoms with Gasteiger partial charge in [-0.05, 0) is 62.7 Å². The number of carbonyl (C=O) groups excluding carboxylic acids is 2. The number of rotatable bonds is 5. The third-order valence-corrected chi connectivity index (χ3v) is 6.69. The van der Waals surface area contributed by atoms with E-state index in [1.807, 2.05) is 13.0 Å². The lowest BCUT2D eigenvalue weighted by Crippen LogP contribution is -2.41. The molecule has 0 saturated heterocycles. The molecule has 2 N–H and O–H groups in total. The Hall–Kier alpha value is -4.32. The highest BCUT2D eigenvalue weighted by Crippen LogP contribution is 2.33. The average Bonchev–Trinajstić information content (AvgIpc) is 3.25. The standard InChI is InChI=1S/C27H25F3N6O3/c1-14-10-17(24-31-12-18-11-19(27(28,29)30)5-6-20(18)33-24)4-7-21(14)35-8-9-36-23(26(35)39)16(3)22(34-36)25(38)32-15(2)13-37/h4-7,10-12,15,37H,8-9,13H2,1-3H3,(H,32,38). The van der Waals surface area contributed by atoms with Crippen molar-refractivity contribution < 1.29 is 27.9 Å². The first-order valence-electron chi connectivity index (χ1n) is 12.2. The lowest BCUT2D eigenvalue weighted by Gasteiger charge is -2.29. The van der Waals surface area contributed by atoms with Gasteiger partial charge in [0.1, 0.15) is 5.69 Å². The van der Waals surface area contributed by atoms with Crippen LogP contribution in [0, 0.1) is 13.8 Å². The molecule has 1 aliphatic rings. The topological polar surface area (TPSA) is 113 Å². The molecule has 0 spiro atoms. The number of carbonyl (C=O) groups is 2. The lowest BCUT2D eigenvalue weighted by molar-refractivity contribution is -0.137. The number of nitrogens with one attached hydrogen (secondary N) is 1. The first kappa shape index (κ1) is 26.3. The van der Waals surface area contributed by atoms with Crippen molar-refractivity contribution in [2.24, 2.45) is 0 Å². The summed E-state index contributed by atoms with van der Waals surface area (Å²) in [6.45, 7) is 5.69. The van der Waals surface area contributed by atoms with Crippen molar-refractivity contribution in [3.8, 4) is 11.4 Å². The summed E-state index contributed by atoms with van der Waals surface area (Å²) in [5.41, 5.74) is 2.65. The summed E-state index contributed by atoms with van der Waals surface area (Å²) in [7, 11) is 0. The fourth-order valence-electron chi connectivity index (χ4n) is 4.64. The van der Waals surface area contributed by atoms with E-state index in [0.717, 1.165) is 17.7 Å². The number of aromatic nitrogens is 4. The Balaban J connectivity index is 1.42. The Labute approximate surface area is 221 Å². The number of aryl methyl sites for hydroxylation is 1. The van der Waals surface area contributed by atoms with Crippen LogP contribution in [0.2, 0.25) is 0 Å². The lowest BCUT2D eigenvalue weighted by atomic mass is 10.1. The molecule has 0 aliphatic carbocycles. The molecule has 2 aromatic heterocycles. The predicted molar refractivity (Wildman–Crippen MR) is 137 cm³/mol. The number of benzene rings is 2. The van der Waals surface area contributed by atoms with Crippen LogP contribution in [0.15, 0.2) is 42.6 Å². The second kappa shape index (κ2) is 9.77. The molecule has 1 unspecified atom stereocenters. The Morgan fingerprint density at radius 1 is 1.15 bits per heavy atom. The van der Waals surface area contributed by atoms with Crippen molar-refractivity contribution >= 4 is 28.4 Å². The van der Waals surface area contributed by atoms with E-state index in [0.29, 0.717) is 46.9 Å². The maximum atomic E-state index is 13.5. The Kier molecular flexibility index (Phi) is 6.59. The van der Waals surface area contributed by atoms with Crippen LogP contribution in [0.4, 0.5) is 18.9 Å². The predicted octanol–water partition coefficient (Wildman–Crippen LogP) is 3.90. The molecule has 202 valence electrons. The third kappa shape index (κ3) is 4.83. The average molecular weight is 539 g/mol. The molecule has 0 radical (unpaired) electrons. The fourth-order valence-corrected chi connectivity index (χ4v) is 4.64. The smallest absolute Gasteiger partial charge is 0.394 e. The van der Waals surface area contributed by atoms with Gasteiger partial charge in [-0.3, -0.25) is 14.3 Å². The number of fused-ring (bicyclic) bond motifs is 2. The van der Waals surface area contributed by atoms with E-state index in [-0.39, 0.29) is 23.6 Å². The number of alkyl halides is 3. The zero-order valence-electron chi connectivity index (χ0n) is 21.4. The second-order valence-corrected chi connectivity index (χ2v) is 9.53. The van der Waals surface area contributed by atoms with Crippen molar-refractivity contribution in [2.75, 3.05) is 18.1 Å². The summed E-state index contributed by atoms with van der Waals surface area (Å²) < 4.78 is 40.6. The molecule has 0 bridgehead atoms. The van der Waals surface area contributed by atoms with Gasteiger partial charge in [0.15, 0.2) is 11.5 Å². The van der Waals surface area contributed by atoms with E-state index < -0.39 is 23.7 Å². The summed E-state index contributed by atoms with van der Waals surface area (Å²) in [6, 6.07) is 8.24. The molecule has 4 aromatic rings. The van der Waals surface area contributed by atoms with Crippen LogP contribution >= 0.6 is 0 Å². The third-order valence-electron chi connectivity index (χ3n) is 6.69. The first-order valence-corrected chi connectivity index (χ1v) is 12.2. The normalized spacial score (nSPS) is 14.4. The molecule has 5 rings (SSSR count). The molecule has 9 nitrogen and oxygen atoms in total. The zero-order chi connectivity index (χ0) is 28.1. The van der Waals surface area contributed by atoms with Crippen LogP contribution in [-0.2, 0) is 12.7 Å². The highest BCUT2D eigenvalue weighted by Gasteiger charge is 2.33. The molecule has 1 aliphatic heterocycles. The van der Waals surface area contributed by atoms with Gasteiger partial charge in [-0.1, -0.05) is 0 Å². The Morgan fingerprint density at radius 3 is 2.62 bits per heavy atom. The van der Waals surface area contributed by atoms with Gasteiger partial charge in [0.25, 0.3) is 11.8 Å². The maximum Gasteiger partial charge on any atom is 0.416 e. The number of halogens is 3. The quantitative estimate of drug-likeness (QED) is 0.399. The first-order chi connectivity index (χ1) is 18.5. The highest BCUT2D eigenvalue weighted by molar-refractivity contribution is 6.09. The van der Waals surface area contributed by atoms with Crippen LogP contribution in [0.1, 0.15) is 44.6 Å². The number of amides is 2. The van der Waals surface area contributed by atoms with E-state index in [9.17, 15) is 27.9 Å². The molecule has 1 atom stereocenters. The van der Waals surface area contributed by atoms with Gasteiger partial charge >= 0.3 is 6.18 Å². The van der Waals surface area contributed by atoms with E-state index in [2.05, 4.69) is 20.4 Å². The molecule has 2 aromatic carbocycles. The fraction of sp³-hybridized carbons (Fsp3) is 0.296. The maximum absolute atomic E-state index is 13.5. The van der Waals surface area contributed by atoms with E-state index in [4.69, 9.17) is 0 Å². The SMILES string of the molecule is Cc1cc(-c2ncc3cc(C(F)(F)F)ccc3n2)ccc1N1CCn2nc(C(=O)NC(C)CO)c(C)c2C1=O. The van der Waals surface area contributed by atoms with Gasteiger partial charge in [0, 0.05) is 41.0 Å². The molecule has 0 saturated carbocycles. The number of aliphatic hydroxyl groups excluding tert-OH is 1. The summed E-state index contributed by atoms with van der Waals surface area (Å²) in [6.07, 6.45) is -3.09. The summed E-state index contributed by atoms with van der Waals surface area (Å²) in [5, 5.41) is 16.5. The van der Waals surface area contributed by atoms with E-state index in [1.54, 1.807) is 30.9 Å². The Morgan fingerprint density at radius 2 is 1.92 bits per heavy atom. The molecular weight excluding hydrogens is 513 g/mol. The van der Waals surface area contributed by atoms with Crippen molar-refractivity contribution in [3.63, 3.8) is 0 Å². The van der Waals surface area contributed by atoms with Gasteiger partial charge in [0.05, 0.1) is 24.2 Å². The summed E-state index contributed by atoms with van der Waals surface area (Å²) in [4.78, 5) is 36.4. The van der Waals surface area contributed by atoms with Crippen LogP contribution in [0.3, 0.4) is 0 Å². The van der Waals surface area contributed by atoms with E-state index in [1.165, 1.54) is 16.9 Å². The minimum Gasteiger partial charge on any atom is -0.394 e. The van der Waals surface area contributed by atoms with Crippen molar-refractivity contribution in [1.29, 1.82) is 0 Å². The van der Waals surface area contributed by atoms with E-state index >= 15 is 0 Å². The highest BCUT2D eigenvalue weighted by atomic mass is 19.4. The largest absolute Gasteiger partial charge is 0.416 e. The number of nitrogens with zero attached hydrogens (tertiary/aromatic N) is 5. The van der Waals surface area contributed by atoms with Crippen LogP contribution < -0.4 is 10.2 Å². The minimum atomic E-state index is -4.45. The molecule has 2 amide bonds. The minimum absolute atomic E-state index is 0.142. The van der Waals surface area contributed by atoms with Crippen molar-refractivity contribution in [2.45, 2.75) is 39.5 Å². The van der Waals surface area contributed by atoms with Crippen LogP contribution in [0.5, 0.6) is 0 Å². The monoisotopic (exact) mass is 538 g/mol. The van der Waals surface area contributed by atoms with Crippen LogP contribution in [-0.4, -0.2) is 55.9 Å². The number of anilines is 1. The van der Waals surface area contributed by atoms with Gasteiger partial charge in [-0.2, -0.15) is 18.3 Å². The Bertz CT molecular complexity index is 1610. The summed E-state index contributed by atoms with van der Waals surface area (Å²) in [5.74, 6) is -0.400. The summed E-state index contributed by atoms with van der Waals surface area (Å²) >= 11 is 0. The molecule has 3 heterocycles. The molecule has 0 fully saturated rings. The second-order valence-electron chi connectivity index (χ2n) is 9.53. The molecule has 39 heavy (non-hydrogen) atoms. The van der Waals surface area contributed by atoms with Gasteiger partial charge in [-0.25, -0.2) is 9.97 Å². The molecule has 12 heteroatoms. The van der Waals surface area contributed by atoms with Gasteiger partial charge in [-0.15, -0.1) is 0 Å². The number of aliphatic hydroxyl groups is 1. The van der Waals surface area contributed by atoms with Crippen molar-refractivity contribution in [1.82, 2.24) is 25.1 Å². The van der Waals surface area contributed by atoms with Crippen LogP contribution in [0.25, 0.3) is 22.3 Å². The number of hydrogen-bond acceptors (Lipinski definition) is 6.